The maximum absolute atomic E-state index is 5.89. The second-order valence-electron chi connectivity index (χ2n) is 4.36. The van der Waals surface area contributed by atoms with Crippen molar-refractivity contribution in [2.24, 2.45) is 0 Å². The average Bonchev–Trinajstić information content (AvgIpc) is 2.35. The lowest BCUT2D eigenvalue weighted by Crippen LogP contribution is -2.32. The molecular formula is C14H23ClN2O. The number of benzene rings is 1. The average molecular weight is 271 g/mol. The first-order valence-corrected chi connectivity index (χ1v) is 6.87. The quantitative estimate of drug-likeness (QED) is 0.698. The molecule has 0 saturated carbocycles. The lowest BCUT2D eigenvalue weighted by atomic mass is 10.3. The number of rotatable bonds is 9. The first kappa shape index (κ1) is 15.3. The minimum absolute atomic E-state index is 0.685. The van der Waals surface area contributed by atoms with E-state index >= 15 is 0 Å². The van der Waals surface area contributed by atoms with Crippen LogP contribution in [0.1, 0.15) is 13.3 Å². The molecule has 1 aromatic rings. The van der Waals surface area contributed by atoms with Crippen molar-refractivity contribution in [3.63, 3.8) is 0 Å². The van der Waals surface area contributed by atoms with E-state index in [1.165, 1.54) is 6.42 Å². The first-order valence-electron chi connectivity index (χ1n) is 6.50. The van der Waals surface area contributed by atoms with E-state index in [1.54, 1.807) is 0 Å². The Kier molecular flexibility index (Phi) is 7.81. The van der Waals surface area contributed by atoms with Gasteiger partial charge in [0.25, 0.3) is 0 Å². The Balaban J connectivity index is 2.09. The molecule has 0 spiro atoms. The van der Waals surface area contributed by atoms with Gasteiger partial charge < -0.3 is 15.0 Å². The Morgan fingerprint density at radius 2 is 2.11 bits per heavy atom. The molecule has 0 heterocycles. The number of nitrogens with one attached hydrogen (secondary N) is 1. The number of likely N-dealkylation sites (N-methyl/N-ethyl adjacent to an activating group) is 1. The first-order chi connectivity index (χ1) is 8.72. The van der Waals surface area contributed by atoms with Gasteiger partial charge >= 0.3 is 0 Å². The van der Waals surface area contributed by atoms with Crippen molar-refractivity contribution in [1.29, 1.82) is 0 Å². The summed E-state index contributed by atoms with van der Waals surface area (Å²) in [4.78, 5) is 2.26. The highest BCUT2D eigenvalue weighted by Crippen LogP contribution is 2.16. The third kappa shape index (κ3) is 6.84. The van der Waals surface area contributed by atoms with Gasteiger partial charge in [-0.25, -0.2) is 0 Å². The minimum atomic E-state index is 0.685. The summed E-state index contributed by atoms with van der Waals surface area (Å²) in [5, 5.41) is 4.09. The fraction of sp³-hybridized carbons (Fsp3) is 0.571. The summed E-state index contributed by atoms with van der Waals surface area (Å²) < 4.78 is 5.64. The van der Waals surface area contributed by atoms with Crippen LogP contribution in [0.2, 0.25) is 5.02 Å². The monoisotopic (exact) mass is 270 g/mol. The number of halogens is 1. The molecule has 102 valence electrons. The molecule has 3 nitrogen and oxygen atoms in total. The molecule has 0 saturated heterocycles. The van der Waals surface area contributed by atoms with Crippen LogP contribution in [-0.4, -0.2) is 44.7 Å². The van der Waals surface area contributed by atoms with E-state index in [4.69, 9.17) is 16.3 Å². The maximum Gasteiger partial charge on any atom is 0.120 e. The van der Waals surface area contributed by atoms with Crippen LogP contribution in [0, 0.1) is 0 Å². The molecule has 0 amide bonds. The zero-order valence-corrected chi connectivity index (χ0v) is 12.0. The third-order valence-electron chi connectivity index (χ3n) is 2.63. The topological polar surface area (TPSA) is 24.5 Å². The molecule has 4 heteroatoms. The van der Waals surface area contributed by atoms with Crippen LogP contribution in [0.25, 0.3) is 0 Å². The standard InChI is InChI=1S/C14H23ClN2O/c1-3-7-16-8-9-17(2)10-11-18-14-6-4-5-13(15)12-14/h4-6,12,16H,3,7-11H2,1-2H3. The second-order valence-corrected chi connectivity index (χ2v) is 4.80. The smallest absolute Gasteiger partial charge is 0.120 e. The summed E-state index contributed by atoms with van der Waals surface area (Å²) in [6, 6.07) is 7.51. The zero-order valence-electron chi connectivity index (χ0n) is 11.3. The SMILES string of the molecule is CCCNCCN(C)CCOc1cccc(Cl)c1. The molecule has 0 aliphatic carbocycles. The maximum atomic E-state index is 5.89. The Labute approximate surface area is 115 Å². The molecule has 0 aromatic heterocycles. The van der Waals surface area contributed by atoms with Gasteiger partial charge in [-0.05, 0) is 38.2 Å². The van der Waals surface area contributed by atoms with Gasteiger partial charge in [-0.2, -0.15) is 0 Å². The fourth-order valence-electron chi connectivity index (χ4n) is 1.56. The van der Waals surface area contributed by atoms with Crippen LogP contribution in [0.4, 0.5) is 0 Å². The fourth-order valence-corrected chi connectivity index (χ4v) is 1.74. The van der Waals surface area contributed by atoms with E-state index in [9.17, 15) is 0 Å². The minimum Gasteiger partial charge on any atom is -0.492 e. The van der Waals surface area contributed by atoms with Crippen molar-refractivity contribution in [1.82, 2.24) is 10.2 Å². The Bertz CT molecular complexity index is 333. The molecule has 1 aromatic carbocycles. The van der Waals surface area contributed by atoms with Crippen LogP contribution in [0.15, 0.2) is 24.3 Å². The van der Waals surface area contributed by atoms with Crippen molar-refractivity contribution < 1.29 is 4.74 Å². The lowest BCUT2D eigenvalue weighted by molar-refractivity contribution is 0.237. The molecule has 1 rings (SSSR count). The highest BCUT2D eigenvalue weighted by atomic mass is 35.5. The predicted octanol–water partition coefficient (Wildman–Crippen LogP) is 2.65. The van der Waals surface area contributed by atoms with Crippen molar-refractivity contribution in [3.05, 3.63) is 29.3 Å². The van der Waals surface area contributed by atoms with Gasteiger partial charge in [0.05, 0.1) is 0 Å². The van der Waals surface area contributed by atoms with Crippen molar-refractivity contribution in [2.45, 2.75) is 13.3 Å². The highest BCUT2D eigenvalue weighted by molar-refractivity contribution is 6.30. The van der Waals surface area contributed by atoms with Crippen LogP contribution in [0.5, 0.6) is 5.75 Å². The summed E-state index contributed by atoms with van der Waals surface area (Å²) in [6.45, 7) is 6.94. The Morgan fingerprint density at radius 1 is 1.28 bits per heavy atom. The molecule has 0 fully saturated rings. The van der Waals surface area contributed by atoms with Gasteiger partial charge in [-0.15, -0.1) is 0 Å². The van der Waals surface area contributed by atoms with Gasteiger partial charge in [-0.1, -0.05) is 24.6 Å². The number of hydrogen-bond acceptors (Lipinski definition) is 3. The summed E-state index contributed by atoms with van der Waals surface area (Å²) >= 11 is 5.89. The molecule has 0 aliphatic heterocycles. The van der Waals surface area contributed by atoms with E-state index in [1.807, 2.05) is 24.3 Å². The Morgan fingerprint density at radius 3 is 2.83 bits per heavy atom. The molecule has 1 N–H and O–H groups in total. The second kappa shape index (κ2) is 9.20. The normalized spacial score (nSPS) is 10.9. The van der Waals surface area contributed by atoms with Crippen LogP contribution in [0.3, 0.4) is 0 Å². The lowest BCUT2D eigenvalue weighted by Gasteiger charge is -2.17. The molecule has 18 heavy (non-hydrogen) atoms. The molecule has 0 radical (unpaired) electrons. The van der Waals surface area contributed by atoms with E-state index in [0.717, 1.165) is 31.9 Å². The Hall–Kier alpha value is -0.770. The molecule has 0 atom stereocenters. The van der Waals surface area contributed by atoms with Gasteiger partial charge in [0, 0.05) is 24.7 Å². The van der Waals surface area contributed by atoms with E-state index < -0.39 is 0 Å². The summed E-state index contributed by atoms with van der Waals surface area (Å²) in [5.41, 5.74) is 0. The van der Waals surface area contributed by atoms with Crippen molar-refractivity contribution in [2.75, 3.05) is 39.8 Å². The van der Waals surface area contributed by atoms with Crippen molar-refractivity contribution >= 4 is 11.6 Å². The number of nitrogens with zero attached hydrogens (tertiary/aromatic N) is 1. The molecule has 0 unspecified atom stereocenters. The van der Waals surface area contributed by atoms with Gasteiger partial charge in [0.15, 0.2) is 0 Å². The van der Waals surface area contributed by atoms with E-state index in [-0.39, 0.29) is 0 Å². The van der Waals surface area contributed by atoms with E-state index in [0.29, 0.717) is 11.6 Å². The molecule has 0 aliphatic rings. The van der Waals surface area contributed by atoms with Crippen LogP contribution in [-0.2, 0) is 0 Å². The third-order valence-corrected chi connectivity index (χ3v) is 2.87. The van der Waals surface area contributed by atoms with Crippen molar-refractivity contribution in [3.8, 4) is 5.75 Å². The highest BCUT2D eigenvalue weighted by Gasteiger charge is 1.99. The summed E-state index contributed by atoms with van der Waals surface area (Å²) in [7, 11) is 2.11. The molecule has 0 bridgehead atoms. The number of hydrogen-bond donors (Lipinski definition) is 1. The summed E-state index contributed by atoms with van der Waals surface area (Å²) in [5.74, 6) is 0.833. The van der Waals surface area contributed by atoms with E-state index in [2.05, 4.69) is 24.2 Å². The van der Waals surface area contributed by atoms with Crippen LogP contribution >= 0.6 is 11.6 Å². The predicted molar refractivity (Wildman–Crippen MR) is 77.6 cm³/mol. The summed E-state index contributed by atoms with van der Waals surface area (Å²) in [6.07, 6.45) is 1.18. The van der Waals surface area contributed by atoms with Gasteiger partial charge in [0.2, 0.25) is 0 Å². The largest absolute Gasteiger partial charge is 0.492 e. The zero-order chi connectivity index (χ0) is 13.2. The molecular weight excluding hydrogens is 248 g/mol. The van der Waals surface area contributed by atoms with Gasteiger partial charge in [0.1, 0.15) is 12.4 Å². The van der Waals surface area contributed by atoms with Gasteiger partial charge in [-0.3, -0.25) is 0 Å². The number of ether oxygens (including phenoxy) is 1. The van der Waals surface area contributed by atoms with Crippen LogP contribution < -0.4 is 10.1 Å².